The summed E-state index contributed by atoms with van der Waals surface area (Å²) in [6, 6.07) is 10.2. The highest BCUT2D eigenvalue weighted by atomic mass is 32.1. The molecular weight excluding hydrogens is 364 g/mol. The standard InChI is InChI=1S/C20H22N2O4S/c1-14-5-2-3-11-22(14)18(23)13-26-20(25)15-7-9-16(10-8-15)21-19(24)17-6-4-12-27-17/h4,6-10,12,14H,2-3,5,11,13H2,1H3,(H,21,24)/t14-/m0/s1. The first kappa shape index (κ1) is 19.1. The summed E-state index contributed by atoms with van der Waals surface area (Å²) in [5.41, 5.74) is 0.923. The van der Waals surface area contributed by atoms with Crippen molar-refractivity contribution in [3.8, 4) is 0 Å². The Labute approximate surface area is 162 Å². The summed E-state index contributed by atoms with van der Waals surface area (Å²) < 4.78 is 5.16. The molecule has 6 nitrogen and oxygen atoms in total. The summed E-state index contributed by atoms with van der Waals surface area (Å²) in [6.07, 6.45) is 3.10. The van der Waals surface area contributed by atoms with Crippen LogP contribution in [0.15, 0.2) is 41.8 Å². The molecule has 1 N–H and O–H groups in total. The number of rotatable bonds is 5. The number of piperidine rings is 1. The van der Waals surface area contributed by atoms with E-state index in [4.69, 9.17) is 4.74 Å². The topological polar surface area (TPSA) is 75.7 Å². The van der Waals surface area contributed by atoms with E-state index in [1.807, 2.05) is 18.4 Å². The van der Waals surface area contributed by atoms with Gasteiger partial charge in [0, 0.05) is 18.3 Å². The second-order valence-corrected chi connectivity index (χ2v) is 7.46. The summed E-state index contributed by atoms with van der Waals surface area (Å²) >= 11 is 1.36. The van der Waals surface area contributed by atoms with Gasteiger partial charge in [0.1, 0.15) is 0 Å². The van der Waals surface area contributed by atoms with E-state index in [9.17, 15) is 14.4 Å². The van der Waals surface area contributed by atoms with Crippen LogP contribution in [0, 0.1) is 0 Å². The van der Waals surface area contributed by atoms with Crippen molar-refractivity contribution in [3.63, 3.8) is 0 Å². The summed E-state index contributed by atoms with van der Waals surface area (Å²) in [4.78, 5) is 38.8. The third-order valence-electron chi connectivity index (χ3n) is 4.57. The van der Waals surface area contributed by atoms with Gasteiger partial charge in [-0.3, -0.25) is 9.59 Å². The first-order valence-corrected chi connectivity index (χ1v) is 9.84. The van der Waals surface area contributed by atoms with Gasteiger partial charge in [-0.05, 0) is 61.9 Å². The molecule has 2 aromatic rings. The molecule has 1 aromatic heterocycles. The molecule has 0 radical (unpaired) electrons. The number of nitrogens with zero attached hydrogens (tertiary/aromatic N) is 1. The molecule has 0 spiro atoms. The van der Waals surface area contributed by atoms with E-state index in [2.05, 4.69) is 5.32 Å². The van der Waals surface area contributed by atoms with E-state index in [-0.39, 0.29) is 24.5 Å². The van der Waals surface area contributed by atoms with Gasteiger partial charge in [-0.15, -0.1) is 11.3 Å². The smallest absolute Gasteiger partial charge is 0.338 e. The van der Waals surface area contributed by atoms with Gasteiger partial charge in [-0.1, -0.05) is 6.07 Å². The Morgan fingerprint density at radius 3 is 2.63 bits per heavy atom. The summed E-state index contributed by atoms with van der Waals surface area (Å²) in [5.74, 6) is -0.902. The van der Waals surface area contributed by atoms with Crippen molar-refractivity contribution in [3.05, 3.63) is 52.2 Å². The molecule has 27 heavy (non-hydrogen) atoms. The number of nitrogens with one attached hydrogen (secondary N) is 1. The SMILES string of the molecule is C[C@H]1CCCCN1C(=O)COC(=O)c1ccc(NC(=O)c2cccs2)cc1. The van der Waals surface area contributed by atoms with E-state index in [1.165, 1.54) is 11.3 Å². The van der Waals surface area contributed by atoms with Crippen molar-refractivity contribution in [2.24, 2.45) is 0 Å². The Bertz CT molecular complexity index is 802. The van der Waals surface area contributed by atoms with Crippen LogP contribution in [0.5, 0.6) is 0 Å². The predicted octanol–water partition coefficient (Wildman–Crippen LogP) is 3.56. The van der Waals surface area contributed by atoms with Crippen LogP contribution in [0.25, 0.3) is 0 Å². The minimum Gasteiger partial charge on any atom is -0.452 e. The average molecular weight is 386 g/mol. The van der Waals surface area contributed by atoms with Crippen LogP contribution in [0.3, 0.4) is 0 Å². The van der Waals surface area contributed by atoms with E-state index in [0.29, 0.717) is 16.1 Å². The molecule has 0 aliphatic carbocycles. The second kappa shape index (κ2) is 8.81. The van der Waals surface area contributed by atoms with Crippen LogP contribution in [0.2, 0.25) is 0 Å². The maximum atomic E-state index is 12.2. The van der Waals surface area contributed by atoms with Gasteiger partial charge in [-0.25, -0.2) is 4.79 Å². The molecule has 3 rings (SSSR count). The van der Waals surface area contributed by atoms with Crippen LogP contribution >= 0.6 is 11.3 Å². The van der Waals surface area contributed by atoms with Crippen LogP contribution in [0.1, 0.15) is 46.2 Å². The second-order valence-electron chi connectivity index (χ2n) is 6.52. The Morgan fingerprint density at radius 1 is 1.19 bits per heavy atom. The zero-order valence-electron chi connectivity index (χ0n) is 15.1. The Kier molecular flexibility index (Phi) is 6.24. The van der Waals surface area contributed by atoms with Gasteiger partial charge in [0.2, 0.25) is 0 Å². The van der Waals surface area contributed by atoms with Crippen molar-refractivity contribution in [2.45, 2.75) is 32.2 Å². The lowest BCUT2D eigenvalue weighted by Crippen LogP contribution is -2.44. The molecule has 142 valence electrons. The van der Waals surface area contributed by atoms with E-state index < -0.39 is 5.97 Å². The van der Waals surface area contributed by atoms with Crippen LogP contribution in [-0.2, 0) is 9.53 Å². The third kappa shape index (κ3) is 4.95. The minimum atomic E-state index is -0.552. The molecule has 1 aromatic carbocycles. The number of esters is 1. The van der Waals surface area contributed by atoms with Gasteiger partial charge in [0.25, 0.3) is 11.8 Å². The monoisotopic (exact) mass is 386 g/mol. The molecule has 0 unspecified atom stereocenters. The molecule has 1 saturated heterocycles. The zero-order chi connectivity index (χ0) is 19.2. The van der Waals surface area contributed by atoms with Gasteiger partial charge >= 0.3 is 5.97 Å². The van der Waals surface area contributed by atoms with Crippen molar-refractivity contribution < 1.29 is 19.1 Å². The maximum Gasteiger partial charge on any atom is 0.338 e. The molecule has 7 heteroatoms. The highest BCUT2D eigenvalue weighted by Gasteiger charge is 2.24. The number of amides is 2. The fraction of sp³-hybridized carbons (Fsp3) is 0.350. The molecule has 0 saturated carbocycles. The Morgan fingerprint density at radius 2 is 1.96 bits per heavy atom. The first-order valence-electron chi connectivity index (χ1n) is 8.96. The van der Waals surface area contributed by atoms with E-state index in [0.717, 1.165) is 25.8 Å². The Hall–Kier alpha value is -2.67. The van der Waals surface area contributed by atoms with Crippen molar-refractivity contribution in [1.82, 2.24) is 4.90 Å². The molecule has 1 atom stereocenters. The number of benzene rings is 1. The minimum absolute atomic E-state index is 0.157. The van der Waals surface area contributed by atoms with E-state index in [1.54, 1.807) is 35.2 Å². The largest absolute Gasteiger partial charge is 0.452 e. The number of thiophene rings is 1. The fourth-order valence-corrected chi connectivity index (χ4v) is 3.67. The zero-order valence-corrected chi connectivity index (χ0v) is 16.0. The molecule has 1 fully saturated rings. The lowest BCUT2D eigenvalue weighted by Gasteiger charge is -2.33. The number of likely N-dealkylation sites (tertiary alicyclic amines) is 1. The first-order chi connectivity index (χ1) is 13.0. The molecule has 1 aliphatic heterocycles. The molecule has 0 bridgehead atoms. The number of carbonyl (C=O) groups excluding carboxylic acids is 3. The predicted molar refractivity (Wildman–Crippen MR) is 104 cm³/mol. The van der Waals surface area contributed by atoms with Crippen molar-refractivity contribution >= 4 is 34.8 Å². The van der Waals surface area contributed by atoms with E-state index >= 15 is 0 Å². The summed E-state index contributed by atoms with van der Waals surface area (Å²) in [5, 5.41) is 4.60. The molecular formula is C20H22N2O4S. The number of anilines is 1. The highest BCUT2D eigenvalue weighted by Crippen LogP contribution is 2.17. The summed E-state index contributed by atoms with van der Waals surface area (Å²) in [6.45, 7) is 2.48. The highest BCUT2D eigenvalue weighted by molar-refractivity contribution is 7.12. The third-order valence-corrected chi connectivity index (χ3v) is 5.44. The number of hydrogen-bond acceptors (Lipinski definition) is 5. The Balaban J connectivity index is 1.51. The number of carbonyl (C=O) groups is 3. The van der Waals surface area contributed by atoms with Gasteiger partial charge in [0.15, 0.2) is 6.61 Å². The quantitative estimate of drug-likeness (QED) is 0.797. The van der Waals surface area contributed by atoms with Crippen LogP contribution in [-0.4, -0.2) is 41.9 Å². The van der Waals surface area contributed by atoms with Crippen molar-refractivity contribution in [2.75, 3.05) is 18.5 Å². The van der Waals surface area contributed by atoms with Crippen molar-refractivity contribution in [1.29, 1.82) is 0 Å². The number of hydrogen-bond donors (Lipinski definition) is 1. The van der Waals surface area contributed by atoms with Crippen LogP contribution < -0.4 is 5.32 Å². The fourth-order valence-electron chi connectivity index (χ4n) is 3.05. The summed E-state index contributed by atoms with van der Waals surface area (Å²) in [7, 11) is 0. The number of ether oxygens (including phenoxy) is 1. The van der Waals surface area contributed by atoms with Gasteiger partial charge in [-0.2, -0.15) is 0 Å². The lowest BCUT2D eigenvalue weighted by atomic mass is 10.0. The van der Waals surface area contributed by atoms with Gasteiger partial charge in [0.05, 0.1) is 10.4 Å². The van der Waals surface area contributed by atoms with Crippen LogP contribution in [0.4, 0.5) is 5.69 Å². The molecule has 1 aliphatic rings. The normalized spacial score (nSPS) is 16.6. The molecule has 2 heterocycles. The lowest BCUT2D eigenvalue weighted by molar-refractivity contribution is -0.137. The van der Waals surface area contributed by atoms with Gasteiger partial charge < -0.3 is 15.0 Å². The average Bonchev–Trinajstić information content (AvgIpc) is 3.22. The molecule has 2 amide bonds. The maximum absolute atomic E-state index is 12.2.